The molecule has 3 aromatic carbocycles. The topological polar surface area (TPSA) is 43.4 Å². The van der Waals surface area contributed by atoms with E-state index in [4.69, 9.17) is 4.74 Å². The molecular formula is C20H16O3S. The van der Waals surface area contributed by atoms with E-state index < -0.39 is 15.1 Å². The minimum Gasteiger partial charge on any atom is -0.457 e. The van der Waals surface area contributed by atoms with Gasteiger partial charge in [0, 0.05) is 11.1 Å². The summed E-state index contributed by atoms with van der Waals surface area (Å²) in [6.45, 7) is 1.95. The van der Waals surface area contributed by atoms with Crippen molar-refractivity contribution in [3.05, 3.63) is 89.5 Å². The highest BCUT2D eigenvalue weighted by Gasteiger charge is 2.37. The summed E-state index contributed by atoms with van der Waals surface area (Å²) in [7, 11) is -3.59. The van der Waals surface area contributed by atoms with Crippen LogP contribution in [-0.4, -0.2) is 8.42 Å². The number of hydrogen-bond acceptors (Lipinski definition) is 3. The van der Waals surface area contributed by atoms with Crippen LogP contribution in [0.5, 0.6) is 11.5 Å². The highest BCUT2D eigenvalue weighted by Crippen LogP contribution is 2.48. The third-order valence-corrected chi connectivity index (χ3v) is 6.31. The van der Waals surface area contributed by atoms with Crippen LogP contribution in [-0.2, 0) is 9.84 Å². The molecule has 4 heteroatoms. The normalized spacial score (nSPS) is 16.0. The number of fused-ring (bicyclic) bond motifs is 2. The highest BCUT2D eigenvalue weighted by molar-refractivity contribution is 7.92. The third-order valence-electron chi connectivity index (χ3n) is 4.25. The molecule has 0 radical (unpaired) electrons. The fourth-order valence-electron chi connectivity index (χ4n) is 3.12. The molecule has 0 bridgehead atoms. The second-order valence-corrected chi connectivity index (χ2v) is 7.95. The van der Waals surface area contributed by atoms with Crippen LogP contribution in [0, 0.1) is 6.92 Å². The molecule has 0 aliphatic carbocycles. The minimum atomic E-state index is -3.59. The molecule has 0 fully saturated rings. The Labute approximate surface area is 141 Å². The zero-order valence-electron chi connectivity index (χ0n) is 13.1. The van der Waals surface area contributed by atoms with Gasteiger partial charge >= 0.3 is 0 Å². The molecule has 3 nitrogen and oxygen atoms in total. The number of para-hydroxylation sites is 1. The zero-order chi connectivity index (χ0) is 16.7. The summed E-state index contributed by atoms with van der Waals surface area (Å²) in [5.74, 6) is 1.20. The molecule has 1 heterocycles. The van der Waals surface area contributed by atoms with Crippen LogP contribution < -0.4 is 4.74 Å². The first-order valence-corrected chi connectivity index (χ1v) is 9.28. The smallest absolute Gasteiger partial charge is 0.189 e. The lowest BCUT2D eigenvalue weighted by atomic mass is 9.98. The molecule has 120 valence electrons. The number of aryl methyl sites for hydroxylation is 1. The number of ether oxygens (including phenoxy) is 1. The average Bonchev–Trinajstić information content (AvgIpc) is 2.60. The maximum atomic E-state index is 13.4. The number of rotatable bonds is 2. The average molecular weight is 336 g/mol. The molecule has 1 atom stereocenters. The van der Waals surface area contributed by atoms with Crippen LogP contribution >= 0.6 is 0 Å². The first kappa shape index (κ1) is 15.0. The second-order valence-electron chi connectivity index (χ2n) is 5.92. The Bertz CT molecular complexity index is 1010. The zero-order valence-corrected chi connectivity index (χ0v) is 14.0. The van der Waals surface area contributed by atoms with Crippen molar-refractivity contribution in [1.82, 2.24) is 0 Å². The molecule has 0 spiro atoms. The second kappa shape index (κ2) is 5.49. The lowest BCUT2D eigenvalue weighted by molar-refractivity contribution is 0.455. The summed E-state index contributed by atoms with van der Waals surface area (Å²) in [6.07, 6.45) is 0. The lowest BCUT2D eigenvalue weighted by Gasteiger charge is -2.28. The first-order chi connectivity index (χ1) is 11.6. The van der Waals surface area contributed by atoms with Gasteiger partial charge in [0.05, 0.1) is 4.90 Å². The third kappa shape index (κ3) is 2.31. The van der Waals surface area contributed by atoms with E-state index >= 15 is 0 Å². The Morgan fingerprint density at radius 2 is 1.46 bits per heavy atom. The van der Waals surface area contributed by atoms with E-state index in [0.717, 1.165) is 5.56 Å². The van der Waals surface area contributed by atoms with Crippen LogP contribution in [0.4, 0.5) is 0 Å². The monoisotopic (exact) mass is 336 g/mol. The Balaban J connectivity index is 2.00. The quantitative estimate of drug-likeness (QED) is 0.683. The van der Waals surface area contributed by atoms with Crippen LogP contribution in [0.15, 0.2) is 77.7 Å². The van der Waals surface area contributed by atoms with Gasteiger partial charge in [-0.05, 0) is 31.2 Å². The Hall–Kier alpha value is -2.59. The van der Waals surface area contributed by atoms with Gasteiger partial charge in [0.15, 0.2) is 9.84 Å². The van der Waals surface area contributed by atoms with E-state index in [-0.39, 0.29) is 0 Å². The maximum Gasteiger partial charge on any atom is 0.189 e. The van der Waals surface area contributed by atoms with Gasteiger partial charge in [-0.15, -0.1) is 0 Å². The fraction of sp³-hybridized carbons (Fsp3) is 0.100. The predicted octanol–water partition coefficient (Wildman–Crippen LogP) is 4.66. The minimum absolute atomic E-state index is 0.319. The van der Waals surface area contributed by atoms with Gasteiger partial charge < -0.3 is 4.74 Å². The van der Waals surface area contributed by atoms with Gasteiger partial charge in [-0.2, -0.15) is 0 Å². The van der Waals surface area contributed by atoms with Gasteiger partial charge in [0.2, 0.25) is 0 Å². The lowest BCUT2D eigenvalue weighted by Crippen LogP contribution is -2.19. The van der Waals surface area contributed by atoms with Gasteiger partial charge in [0.1, 0.15) is 16.7 Å². The van der Waals surface area contributed by atoms with E-state index in [0.29, 0.717) is 27.5 Å². The maximum absolute atomic E-state index is 13.4. The van der Waals surface area contributed by atoms with Gasteiger partial charge in [-0.1, -0.05) is 54.1 Å². The van der Waals surface area contributed by atoms with E-state index in [1.807, 2.05) is 55.5 Å². The van der Waals surface area contributed by atoms with Crippen molar-refractivity contribution in [3.63, 3.8) is 0 Å². The summed E-state index contributed by atoms with van der Waals surface area (Å²) in [5.41, 5.74) is 2.38. The fourth-order valence-corrected chi connectivity index (χ4v) is 4.98. The van der Waals surface area contributed by atoms with Gasteiger partial charge in [-0.3, -0.25) is 0 Å². The van der Waals surface area contributed by atoms with Crippen LogP contribution in [0.1, 0.15) is 21.9 Å². The molecular weight excluding hydrogens is 320 g/mol. The van der Waals surface area contributed by atoms with E-state index in [9.17, 15) is 8.42 Å². The summed E-state index contributed by atoms with van der Waals surface area (Å²) in [5, 5.41) is -0.764. The van der Waals surface area contributed by atoms with E-state index in [1.54, 1.807) is 24.3 Å². The predicted molar refractivity (Wildman–Crippen MR) is 93.2 cm³/mol. The summed E-state index contributed by atoms with van der Waals surface area (Å²) >= 11 is 0. The number of benzene rings is 3. The Kier molecular flexibility index (Phi) is 3.43. The highest BCUT2D eigenvalue weighted by atomic mass is 32.2. The summed E-state index contributed by atoms with van der Waals surface area (Å²) < 4.78 is 32.7. The molecule has 0 N–H and O–H groups in total. The number of sulfone groups is 1. The molecule has 0 saturated heterocycles. The largest absolute Gasteiger partial charge is 0.457 e. The van der Waals surface area contributed by atoms with Crippen molar-refractivity contribution in [2.75, 3.05) is 0 Å². The van der Waals surface area contributed by atoms with Crippen molar-refractivity contribution in [2.45, 2.75) is 17.1 Å². The van der Waals surface area contributed by atoms with Crippen molar-refractivity contribution < 1.29 is 13.2 Å². The molecule has 0 amide bonds. The molecule has 1 aliphatic rings. The van der Waals surface area contributed by atoms with Gasteiger partial charge in [-0.25, -0.2) is 8.42 Å². The Morgan fingerprint density at radius 1 is 0.792 bits per heavy atom. The van der Waals surface area contributed by atoms with E-state index in [1.165, 1.54) is 0 Å². The molecule has 4 rings (SSSR count). The molecule has 0 aromatic heterocycles. The van der Waals surface area contributed by atoms with Crippen LogP contribution in [0.3, 0.4) is 0 Å². The van der Waals surface area contributed by atoms with Crippen molar-refractivity contribution >= 4 is 9.84 Å². The first-order valence-electron chi connectivity index (χ1n) is 7.73. The summed E-state index contributed by atoms with van der Waals surface area (Å²) in [6, 6.07) is 21.6. The van der Waals surface area contributed by atoms with Crippen LogP contribution in [0.25, 0.3) is 0 Å². The molecule has 24 heavy (non-hydrogen) atoms. The molecule has 0 saturated carbocycles. The SMILES string of the molecule is Cc1ccc2c(c1)[C@H](S(=O)(=O)c1ccccc1)c1ccccc1O2. The standard InChI is InChI=1S/C20H16O3S/c1-14-11-12-19-17(13-14)20(16-9-5-6-10-18(16)23-19)24(21,22)15-7-3-2-4-8-15/h2-13,20H,1H3/t20-/m1/s1. The van der Waals surface area contributed by atoms with Crippen molar-refractivity contribution in [1.29, 1.82) is 0 Å². The van der Waals surface area contributed by atoms with Crippen molar-refractivity contribution in [3.8, 4) is 11.5 Å². The van der Waals surface area contributed by atoms with Gasteiger partial charge in [0.25, 0.3) is 0 Å². The van der Waals surface area contributed by atoms with Crippen molar-refractivity contribution in [2.24, 2.45) is 0 Å². The molecule has 0 unspecified atom stereocenters. The Morgan fingerprint density at radius 3 is 2.25 bits per heavy atom. The summed E-state index contributed by atoms with van der Waals surface area (Å²) in [4.78, 5) is 0.319. The number of hydrogen-bond donors (Lipinski definition) is 0. The molecule has 3 aromatic rings. The van der Waals surface area contributed by atoms with E-state index in [2.05, 4.69) is 0 Å². The molecule has 1 aliphatic heterocycles. The van der Waals surface area contributed by atoms with Crippen LogP contribution in [0.2, 0.25) is 0 Å².